The maximum atomic E-state index is 5.73. The van der Waals surface area contributed by atoms with E-state index in [2.05, 4.69) is 47.8 Å². The summed E-state index contributed by atoms with van der Waals surface area (Å²) in [5.41, 5.74) is 4.35. The molecule has 2 N–H and O–H groups in total. The SMILES string of the molecule is CCNC(=NCc1ccccc1-n1nc(C)cc1C)NCCCOCC1CCCO1. The molecule has 2 aromatic rings. The van der Waals surface area contributed by atoms with Crippen LogP contribution in [0.25, 0.3) is 5.69 Å². The summed E-state index contributed by atoms with van der Waals surface area (Å²) in [7, 11) is 0. The van der Waals surface area contributed by atoms with Crippen LogP contribution in [-0.4, -0.2) is 54.8 Å². The summed E-state index contributed by atoms with van der Waals surface area (Å²) in [6, 6.07) is 10.4. The number of rotatable bonds is 10. The van der Waals surface area contributed by atoms with Crippen LogP contribution in [0.1, 0.15) is 43.1 Å². The highest BCUT2D eigenvalue weighted by Gasteiger charge is 2.15. The zero-order valence-electron chi connectivity index (χ0n) is 18.5. The fourth-order valence-corrected chi connectivity index (χ4v) is 3.60. The highest BCUT2D eigenvalue weighted by molar-refractivity contribution is 5.79. The molecule has 3 rings (SSSR count). The minimum Gasteiger partial charge on any atom is -0.379 e. The first-order valence-corrected chi connectivity index (χ1v) is 11.0. The Hall–Kier alpha value is -2.38. The molecular weight excluding hydrogens is 378 g/mol. The molecule has 1 fully saturated rings. The standard InChI is InChI=1S/C23H35N5O2/c1-4-24-23(25-12-8-13-29-17-21-10-7-14-30-21)26-16-20-9-5-6-11-22(20)28-19(3)15-18(2)27-28/h5-6,9,11,15,21H,4,7-8,10,12-14,16-17H2,1-3H3,(H2,24,25,26). The summed E-state index contributed by atoms with van der Waals surface area (Å²) in [6.45, 7) is 10.7. The molecule has 2 heterocycles. The maximum absolute atomic E-state index is 5.73. The number of ether oxygens (including phenoxy) is 2. The summed E-state index contributed by atoms with van der Waals surface area (Å²) < 4.78 is 13.3. The summed E-state index contributed by atoms with van der Waals surface area (Å²) in [4.78, 5) is 4.78. The first kappa shape index (κ1) is 22.3. The number of aliphatic imine (C=N–C) groups is 1. The molecule has 1 aliphatic heterocycles. The molecule has 7 heteroatoms. The largest absolute Gasteiger partial charge is 0.379 e. The van der Waals surface area contributed by atoms with Crippen molar-refractivity contribution in [3.8, 4) is 5.69 Å². The molecule has 0 bridgehead atoms. The van der Waals surface area contributed by atoms with Crippen molar-refractivity contribution in [2.24, 2.45) is 4.99 Å². The Kier molecular flexibility index (Phi) is 8.71. The van der Waals surface area contributed by atoms with Crippen molar-refractivity contribution >= 4 is 5.96 Å². The predicted octanol–water partition coefficient (Wildman–Crippen LogP) is 3.13. The van der Waals surface area contributed by atoms with Crippen molar-refractivity contribution in [3.63, 3.8) is 0 Å². The van der Waals surface area contributed by atoms with Crippen LogP contribution in [0.15, 0.2) is 35.3 Å². The van der Waals surface area contributed by atoms with Gasteiger partial charge in [0.15, 0.2) is 5.96 Å². The quantitative estimate of drug-likeness (QED) is 0.356. The first-order valence-electron chi connectivity index (χ1n) is 11.0. The number of hydrogen-bond acceptors (Lipinski definition) is 4. The highest BCUT2D eigenvalue weighted by Crippen LogP contribution is 2.17. The zero-order valence-corrected chi connectivity index (χ0v) is 18.5. The van der Waals surface area contributed by atoms with Gasteiger partial charge in [-0.15, -0.1) is 0 Å². The van der Waals surface area contributed by atoms with Gasteiger partial charge in [0.25, 0.3) is 0 Å². The lowest BCUT2D eigenvalue weighted by molar-refractivity contribution is 0.0168. The Morgan fingerprint density at radius 1 is 1.30 bits per heavy atom. The fourth-order valence-electron chi connectivity index (χ4n) is 3.60. The minimum absolute atomic E-state index is 0.291. The molecule has 30 heavy (non-hydrogen) atoms. The summed E-state index contributed by atoms with van der Waals surface area (Å²) >= 11 is 0. The average molecular weight is 414 g/mol. The molecule has 0 radical (unpaired) electrons. The van der Waals surface area contributed by atoms with Crippen LogP contribution in [0.2, 0.25) is 0 Å². The van der Waals surface area contributed by atoms with Gasteiger partial charge in [-0.05, 0) is 57.7 Å². The van der Waals surface area contributed by atoms with Gasteiger partial charge in [-0.1, -0.05) is 18.2 Å². The molecule has 0 spiro atoms. The van der Waals surface area contributed by atoms with Gasteiger partial charge in [0.2, 0.25) is 0 Å². The molecule has 0 aliphatic carbocycles. The van der Waals surface area contributed by atoms with E-state index in [1.54, 1.807) is 0 Å². The van der Waals surface area contributed by atoms with Gasteiger partial charge in [-0.25, -0.2) is 9.67 Å². The van der Waals surface area contributed by atoms with Crippen molar-refractivity contribution in [2.45, 2.75) is 52.7 Å². The summed E-state index contributed by atoms with van der Waals surface area (Å²) in [6.07, 6.45) is 3.49. The van der Waals surface area contributed by atoms with Gasteiger partial charge in [-0.2, -0.15) is 5.10 Å². The van der Waals surface area contributed by atoms with Crippen molar-refractivity contribution in [1.29, 1.82) is 0 Å². The lowest BCUT2D eigenvalue weighted by Crippen LogP contribution is -2.38. The van der Waals surface area contributed by atoms with Gasteiger partial charge in [0, 0.05) is 32.0 Å². The number of guanidine groups is 1. The summed E-state index contributed by atoms with van der Waals surface area (Å²) in [5, 5.41) is 11.3. The van der Waals surface area contributed by atoms with Crippen molar-refractivity contribution in [1.82, 2.24) is 20.4 Å². The molecule has 1 unspecified atom stereocenters. The molecule has 0 amide bonds. The minimum atomic E-state index is 0.291. The fraction of sp³-hybridized carbons (Fsp3) is 0.565. The second kappa shape index (κ2) is 11.7. The van der Waals surface area contributed by atoms with Crippen LogP contribution < -0.4 is 10.6 Å². The van der Waals surface area contributed by atoms with E-state index < -0.39 is 0 Å². The molecule has 0 saturated carbocycles. The monoisotopic (exact) mass is 413 g/mol. The van der Waals surface area contributed by atoms with Crippen molar-refractivity contribution in [3.05, 3.63) is 47.3 Å². The van der Waals surface area contributed by atoms with E-state index in [9.17, 15) is 0 Å². The topological polar surface area (TPSA) is 72.7 Å². The average Bonchev–Trinajstić information content (AvgIpc) is 3.38. The Bertz CT molecular complexity index is 812. The molecule has 1 aromatic carbocycles. The Morgan fingerprint density at radius 3 is 2.90 bits per heavy atom. The number of nitrogens with one attached hydrogen (secondary N) is 2. The normalized spacial score (nSPS) is 16.8. The lowest BCUT2D eigenvalue weighted by atomic mass is 10.2. The number of benzene rings is 1. The molecule has 1 saturated heterocycles. The van der Waals surface area contributed by atoms with Crippen LogP contribution in [0.5, 0.6) is 0 Å². The van der Waals surface area contributed by atoms with Crippen molar-refractivity contribution < 1.29 is 9.47 Å². The van der Waals surface area contributed by atoms with E-state index in [1.165, 1.54) is 0 Å². The third kappa shape index (κ3) is 6.57. The molecule has 1 aliphatic rings. The van der Waals surface area contributed by atoms with Crippen LogP contribution in [0.4, 0.5) is 0 Å². The van der Waals surface area contributed by atoms with E-state index in [4.69, 9.17) is 14.5 Å². The van der Waals surface area contributed by atoms with Gasteiger partial charge < -0.3 is 20.1 Å². The van der Waals surface area contributed by atoms with Gasteiger partial charge in [0.05, 0.1) is 30.6 Å². The van der Waals surface area contributed by atoms with E-state index in [0.717, 1.165) is 74.2 Å². The van der Waals surface area contributed by atoms with Gasteiger partial charge >= 0.3 is 0 Å². The number of para-hydroxylation sites is 1. The molecular formula is C23H35N5O2. The molecule has 1 atom stereocenters. The molecule has 164 valence electrons. The van der Waals surface area contributed by atoms with Crippen LogP contribution >= 0.6 is 0 Å². The van der Waals surface area contributed by atoms with Crippen molar-refractivity contribution in [2.75, 3.05) is 32.9 Å². The second-order valence-corrected chi connectivity index (χ2v) is 7.65. The first-order chi connectivity index (χ1) is 14.7. The smallest absolute Gasteiger partial charge is 0.191 e. The molecule has 7 nitrogen and oxygen atoms in total. The van der Waals surface area contributed by atoms with Crippen LogP contribution in [0, 0.1) is 13.8 Å². The van der Waals surface area contributed by atoms with E-state index >= 15 is 0 Å². The number of nitrogens with zero attached hydrogens (tertiary/aromatic N) is 3. The Labute approximate surface area is 179 Å². The Morgan fingerprint density at radius 2 is 2.17 bits per heavy atom. The number of hydrogen-bond donors (Lipinski definition) is 2. The van der Waals surface area contributed by atoms with E-state index in [1.807, 2.05) is 23.7 Å². The number of aryl methyl sites for hydroxylation is 2. The van der Waals surface area contributed by atoms with Gasteiger partial charge in [0.1, 0.15) is 0 Å². The second-order valence-electron chi connectivity index (χ2n) is 7.65. The van der Waals surface area contributed by atoms with Gasteiger partial charge in [-0.3, -0.25) is 0 Å². The maximum Gasteiger partial charge on any atom is 0.191 e. The predicted molar refractivity (Wildman–Crippen MR) is 120 cm³/mol. The lowest BCUT2D eigenvalue weighted by Gasteiger charge is -2.14. The van der Waals surface area contributed by atoms with Crippen LogP contribution in [-0.2, 0) is 16.0 Å². The highest BCUT2D eigenvalue weighted by atomic mass is 16.5. The third-order valence-electron chi connectivity index (χ3n) is 5.07. The summed E-state index contributed by atoms with van der Waals surface area (Å²) in [5.74, 6) is 0.819. The zero-order chi connectivity index (χ0) is 21.2. The molecule has 1 aromatic heterocycles. The van der Waals surface area contributed by atoms with E-state index in [-0.39, 0.29) is 0 Å². The number of aromatic nitrogens is 2. The van der Waals surface area contributed by atoms with Crippen LogP contribution in [0.3, 0.4) is 0 Å². The Balaban J connectivity index is 1.51. The third-order valence-corrected chi connectivity index (χ3v) is 5.07. The van der Waals surface area contributed by atoms with E-state index in [0.29, 0.717) is 19.3 Å².